The van der Waals surface area contributed by atoms with Crippen molar-refractivity contribution in [2.45, 2.75) is 31.6 Å². The number of rotatable bonds is 2. The lowest BCUT2D eigenvalue weighted by Gasteiger charge is -2.35. The van der Waals surface area contributed by atoms with Crippen LogP contribution in [-0.4, -0.2) is 48.6 Å². The third-order valence-corrected chi connectivity index (χ3v) is 6.13. The molecule has 0 amide bonds. The fourth-order valence-electron chi connectivity index (χ4n) is 2.37. The van der Waals surface area contributed by atoms with E-state index in [9.17, 15) is 8.42 Å². The molecule has 16 heavy (non-hydrogen) atoms. The van der Waals surface area contributed by atoms with Gasteiger partial charge in [0.2, 0.25) is 0 Å². The maximum atomic E-state index is 12.2. The minimum Gasteiger partial charge on any atom is -0.195 e. The van der Waals surface area contributed by atoms with Crippen molar-refractivity contribution in [3.63, 3.8) is 0 Å². The average molecular weight is 267 g/mol. The third kappa shape index (κ3) is 2.37. The van der Waals surface area contributed by atoms with Gasteiger partial charge in [0.1, 0.15) is 0 Å². The predicted molar refractivity (Wildman–Crippen MR) is 64.7 cm³/mol. The van der Waals surface area contributed by atoms with Crippen molar-refractivity contribution < 1.29 is 8.42 Å². The van der Waals surface area contributed by atoms with Gasteiger partial charge in [-0.25, -0.2) is 0 Å². The highest BCUT2D eigenvalue weighted by Gasteiger charge is 2.36. The maximum Gasteiger partial charge on any atom is 0.281 e. The van der Waals surface area contributed by atoms with Crippen molar-refractivity contribution in [2.75, 3.05) is 26.2 Å². The van der Waals surface area contributed by atoms with E-state index in [0.717, 1.165) is 19.3 Å². The molecule has 0 bridgehead atoms. The zero-order chi connectivity index (χ0) is 11.8. The van der Waals surface area contributed by atoms with Crippen LogP contribution in [0.3, 0.4) is 0 Å². The monoisotopic (exact) mass is 266 g/mol. The number of halogens is 1. The van der Waals surface area contributed by atoms with Crippen molar-refractivity contribution in [3.05, 3.63) is 0 Å². The van der Waals surface area contributed by atoms with Crippen molar-refractivity contribution >= 4 is 21.8 Å². The molecule has 0 aromatic rings. The molecule has 4 nitrogen and oxygen atoms in total. The molecular formula is C10H19ClN2O2S. The first-order valence-electron chi connectivity index (χ1n) is 5.91. The predicted octanol–water partition coefficient (Wildman–Crippen LogP) is 1.28. The van der Waals surface area contributed by atoms with Gasteiger partial charge in [0.25, 0.3) is 10.2 Å². The quantitative estimate of drug-likeness (QED) is 0.707. The molecule has 2 heterocycles. The molecule has 2 saturated heterocycles. The van der Waals surface area contributed by atoms with E-state index in [1.807, 2.05) is 6.92 Å². The van der Waals surface area contributed by atoms with Gasteiger partial charge in [0.05, 0.1) is 0 Å². The van der Waals surface area contributed by atoms with Gasteiger partial charge in [0.15, 0.2) is 0 Å². The minimum absolute atomic E-state index is 0.116. The Labute approximate surface area is 103 Å². The van der Waals surface area contributed by atoms with Gasteiger partial charge in [0, 0.05) is 31.6 Å². The van der Waals surface area contributed by atoms with Crippen LogP contribution in [-0.2, 0) is 10.2 Å². The number of alkyl halides is 1. The Bertz CT molecular complexity index is 341. The Morgan fingerprint density at radius 2 is 1.75 bits per heavy atom. The molecule has 2 aliphatic rings. The number of piperidine rings is 1. The molecule has 0 N–H and O–H groups in total. The van der Waals surface area contributed by atoms with E-state index in [4.69, 9.17) is 11.6 Å². The summed E-state index contributed by atoms with van der Waals surface area (Å²) in [4.78, 5) is 0. The van der Waals surface area contributed by atoms with Crippen LogP contribution in [0.15, 0.2) is 0 Å². The summed E-state index contributed by atoms with van der Waals surface area (Å²) in [6.45, 7) is 4.50. The van der Waals surface area contributed by atoms with Crippen molar-refractivity contribution in [1.82, 2.24) is 8.61 Å². The van der Waals surface area contributed by atoms with E-state index < -0.39 is 10.2 Å². The average Bonchev–Trinajstić information content (AvgIpc) is 2.75. The second-order valence-corrected chi connectivity index (χ2v) is 7.24. The molecule has 0 saturated carbocycles. The van der Waals surface area contributed by atoms with Crippen LogP contribution in [0.4, 0.5) is 0 Å². The van der Waals surface area contributed by atoms with Crippen LogP contribution in [0, 0.1) is 5.92 Å². The van der Waals surface area contributed by atoms with E-state index in [1.54, 1.807) is 8.61 Å². The highest BCUT2D eigenvalue weighted by Crippen LogP contribution is 2.26. The molecule has 2 fully saturated rings. The highest BCUT2D eigenvalue weighted by molar-refractivity contribution is 7.86. The first-order chi connectivity index (χ1) is 7.51. The second-order valence-electron chi connectivity index (χ2n) is 4.75. The van der Waals surface area contributed by atoms with Crippen LogP contribution in [0.1, 0.15) is 26.2 Å². The summed E-state index contributed by atoms with van der Waals surface area (Å²) >= 11 is 6.11. The molecule has 0 aromatic carbocycles. The molecule has 2 atom stereocenters. The molecule has 2 unspecified atom stereocenters. The Hall–Kier alpha value is 0.160. The zero-order valence-corrected chi connectivity index (χ0v) is 11.2. The lowest BCUT2D eigenvalue weighted by atomic mass is 10.0. The molecule has 0 radical (unpaired) electrons. The van der Waals surface area contributed by atoms with E-state index in [0.29, 0.717) is 26.2 Å². The lowest BCUT2D eigenvalue weighted by Crippen LogP contribution is -2.49. The molecule has 0 aliphatic carbocycles. The molecular weight excluding hydrogens is 248 g/mol. The van der Waals surface area contributed by atoms with Gasteiger partial charge in [-0.3, -0.25) is 0 Å². The molecule has 2 rings (SSSR count). The lowest BCUT2D eigenvalue weighted by molar-refractivity contribution is 0.268. The van der Waals surface area contributed by atoms with E-state index in [1.165, 1.54) is 0 Å². The van der Waals surface area contributed by atoms with Gasteiger partial charge < -0.3 is 0 Å². The van der Waals surface area contributed by atoms with Gasteiger partial charge in [-0.15, -0.1) is 11.6 Å². The fraction of sp³-hybridized carbons (Fsp3) is 1.00. The molecule has 6 heteroatoms. The standard InChI is InChI=1S/C10H19ClN2O2S/c1-9-8-13(7-4-10(9)11)16(14,15)12-5-2-3-6-12/h9-10H,2-8H2,1H3. The first-order valence-corrected chi connectivity index (χ1v) is 7.74. The third-order valence-electron chi connectivity index (χ3n) is 3.48. The Kier molecular flexibility index (Phi) is 3.79. The molecule has 2 aliphatic heterocycles. The summed E-state index contributed by atoms with van der Waals surface area (Å²) < 4.78 is 27.7. The van der Waals surface area contributed by atoms with Crippen molar-refractivity contribution in [2.24, 2.45) is 5.92 Å². The summed E-state index contributed by atoms with van der Waals surface area (Å²) in [7, 11) is -3.21. The van der Waals surface area contributed by atoms with Crippen molar-refractivity contribution in [3.8, 4) is 0 Å². The van der Waals surface area contributed by atoms with Crippen LogP contribution >= 0.6 is 11.6 Å². The van der Waals surface area contributed by atoms with E-state index >= 15 is 0 Å². The Balaban J connectivity index is 2.06. The van der Waals surface area contributed by atoms with Crippen LogP contribution in [0.2, 0.25) is 0 Å². The summed E-state index contributed by atoms with van der Waals surface area (Å²) in [5, 5.41) is 0.116. The van der Waals surface area contributed by atoms with Crippen LogP contribution in [0.5, 0.6) is 0 Å². The Morgan fingerprint density at radius 3 is 2.31 bits per heavy atom. The largest absolute Gasteiger partial charge is 0.281 e. The van der Waals surface area contributed by atoms with E-state index in [2.05, 4.69) is 0 Å². The molecule has 0 aromatic heterocycles. The van der Waals surface area contributed by atoms with Crippen LogP contribution in [0.25, 0.3) is 0 Å². The number of hydrogen-bond acceptors (Lipinski definition) is 2. The molecule has 94 valence electrons. The van der Waals surface area contributed by atoms with Crippen molar-refractivity contribution in [1.29, 1.82) is 0 Å². The van der Waals surface area contributed by atoms with Gasteiger partial charge in [-0.1, -0.05) is 6.92 Å². The smallest absolute Gasteiger partial charge is 0.195 e. The van der Waals surface area contributed by atoms with Gasteiger partial charge >= 0.3 is 0 Å². The SMILES string of the molecule is CC1CN(S(=O)(=O)N2CCCC2)CCC1Cl. The number of nitrogens with zero attached hydrogens (tertiary/aromatic N) is 2. The first kappa shape index (κ1) is 12.6. The normalized spacial score (nSPS) is 34.4. The van der Waals surface area contributed by atoms with Crippen LogP contribution < -0.4 is 0 Å². The maximum absolute atomic E-state index is 12.2. The Morgan fingerprint density at radius 1 is 1.12 bits per heavy atom. The van der Waals surface area contributed by atoms with E-state index in [-0.39, 0.29) is 11.3 Å². The summed E-state index contributed by atoms with van der Waals surface area (Å²) in [5.41, 5.74) is 0. The minimum atomic E-state index is -3.21. The summed E-state index contributed by atoms with van der Waals surface area (Å²) in [5.74, 6) is 0.243. The highest BCUT2D eigenvalue weighted by atomic mass is 35.5. The topological polar surface area (TPSA) is 40.6 Å². The second kappa shape index (κ2) is 4.80. The summed E-state index contributed by atoms with van der Waals surface area (Å²) in [6, 6.07) is 0. The van der Waals surface area contributed by atoms with Gasteiger partial charge in [-0.2, -0.15) is 17.0 Å². The van der Waals surface area contributed by atoms with Gasteiger partial charge in [-0.05, 0) is 25.2 Å². The fourth-order valence-corrected chi connectivity index (χ4v) is 4.35. The number of hydrogen-bond donors (Lipinski definition) is 0. The molecule has 0 spiro atoms. The zero-order valence-electron chi connectivity index (χ0n) is 9.60. The summed E-state index contributed by atoms with van der Waals surface area (Å²) in [6.07, 6.45) is 2.73.